The van der Waals surface area contributed by atoms with E-state index in [1.165, 1.54) is 35.9 Å². The Hall–Kier alpha value is -3.63. The topological polar surface area (TPSA) is 95.3 Å². The molecule has 1 aliphatic carbocycles. The van der Waals surface area contributed by atoms with Gasteiger partial charge in [-0.15, -0.1) is 21.5 Å². The summed E-state index contributed by atoms with van der Waals surface area (Å²) in [4.78, 5) is 25.7. The standard InChI is InChI=1S/C29H30N4O4S2/c1-3-36-28(35)25-23(19-9-5-4-6-10-19)17-38-27(25)30-24(34)18-39-29-32-31-26(33(29)2)20-13-15-22(16-14-20)37-21-11-7-8-12-21/h4-6,9-10,13-17,21H,3,7-8,11-12,18H2,1-2H3,(H,30,34). The second-order valence-electron chi connectivity index (χ2n) is 9.19. The summed E-state index contributed by atoms with van der Waals surface area (Å²) in [6, 6.07) is 17.5. The molecule has 5 rings (SSSR count). The van der Waals surface area contributed by atoms with Gasteiger partial charge in [0.2, 0.25) is 5.91 Å². The number of ether oxygens (including phenoxy) is 2. The molecule has 1 N–H and O–H groups in total. The van der Waals surface area contributed by atoms with Crippen LogP contribution in [0.3, 0.4) is 0 Å². The van der Waals surface area contributed by atoms with Crippen LogP contribution in [-0.2, 0) is 16.6 Å². The van der Waals surface area contributed by atoms with Gasteiger partial charge in [-0.05, 0) is 62.4 Å². The van der Waals surface area contributed by atoms with Gasteiger partial charge in [-0.1, -0.05) is 42.1 Å². The van der Waals surface area contributed by atoms with E-state index in [0.717, 1.165) is 35.3 Å². The van der Waals surface area contributed by atoms with E-state index in [1.807, 2.05) is 71.6 Å². The lowest BCUT2D eigenvalue weighted by molar-refractivity contribution is -0.113. The number of anilines is 1. The van der Waals surface area contributed by atoms with E-state index >= 15 is 0 Å². The summed E-state index contributed by atoms with van der Waals surface area (Å²) < 4.78 is 13.2. The van der Waals surface area contributed by atoms with Gasteiger partial charge in [0.25, 0.3) is 0 Å². The highest BCUT2D eigenvalue weighted by Gasteiger charge is 2.23. The Kier molecular flexibility index (Phi) is 8.63. The third kappa shape index (κ3) is 6.34. The Morgan fingerprint density at radius 2 is 1.79 bits per heavy atom. The molecule has 8 nitrogen and oxygen atoms in total. The van der Waals surface area contributed by atoms with Gasteiger partial charge in [-0.25, -0.2) is 4.79 Å². The Morgan fingerprint density at radius 3 is 2.51 bits per heavy atom. The number of amides is 1. The molecule has 0 unspecified atom stereocenters. The maximum atomic E-state index is 12.9. The van der Waals surface area contributed by atoms with Crippen LogP contribution >= 0.6 is 23.1 Å². The predicted molar refractivity (Wildman–Crippen MR) is 154 cm³/mol. The molecule has 39 heavy (non-hydrogen) atoms. The number of nitrogens with one attached hydrogen (secondary N) is 1. The molecule has 0 atom stereocenters. The van der Waals surface area contributed by atoms with E-state index < -0.39 is 5.97 Å². The van der Waals surface area contributed by atoms with E-state index in [4.69, 9.17) is 9.47 Å². The second kappa shape index (κ2) is 12.5. The average Bonchev–Trinajstić information content (AvgIpc) is 3.69. The van der Waals surface area contributed by atoms with Gasteiger partial charge in [0.1, 0.15) is 16.3 Å². The van der Waals surface area contributed by atoms with E-state index in [-0.39, 0.29) is 18.3 Å². The minimum atomic E-state index is -0.460. The minimum absolute atomic E-state index is 0.112. The maximum Gasteiger partial charge on any atom is 0.341 e. The SMILES string of the molecule is CCOC(=O)c1c(-c2ccccc2)csc1NC(=O)CSc1nnc(-c2ccc(OC3CCCC3)cc2)n1C. The molecular formula is C29H30N4O4S2. The molecule has 0 spiro atoms. The highest BCUT2D eigenvalue weighted by atomic mass is 32.2. The fourth-order valence-corrected chi connectivity index (χ4v) is 6.24. The largest absolute Gasteiger partial charge is 0.490 e. The molecule has 1 fully saturated rings. The van der Waals surface area contributed by atoms with Crippen molar-refractivity contribution < 1.29 is 19.1 Å². The quantitative estimate of drug-likeness (QED) is 0.176. The first-order valence-electron chi connectivity index (χ1n) is 13.0. The molecular weight excluding hydrogens is 532 g/mol. The number of benzene rings is 2. The molecule has 0 aliphatic heterocycles. The van der Waals surface area contributed by atoms with E-state index in [9.17, 15) is 9.59 Å². The van der Waals surface area contributed by atoms with Crippen LogP contribution in [0.4, 0.5) is 5.00 Å². The van der Waals surface area contributed by atoms with E-state index in [1.54, 1.807) is 6.92 Å². The summed E-state index contributed by atoms with van der Waals surface area (Å²) in [6.07, 6.45) is 5.00. The third-order valence-electron chi connectivity index (χ3n) is 6.49. The number of hydrogen-bond donors (Lipinski definition) is 1. The molecule has 2 heterocycles. The van der Waals surface area contributed by atoms with Gasteiger partial charge in [0, 0.05) is 23.6 Å². The highest BCUT2D eigenvalue weighted by Crippen LogP contribution is 2.36. The van der Waals surface area contributed by atoms with Gasteiger partial charge in [-0.2, -0.15) is 0 Å². The van der Waals surface area contributed by atoms with Crippen molar-refractivity contribution in [1.82, 2.24) is 14.8 Å². The lowest BCUT2D eigenvalue weighted by Crippen LogP contribution is -2.16. The first kappa shape index (κ1) is 27.0. The zero-order chi connectivity index (χ0) is 27.2. The van der Waals surface area contributed by atoms with Gasteiger partial charge in [0.15, 0.2) is 11.0 Å². The zero-order valence-corrected chi connectivity index (χ0v) is 23.5. The zero-order valence-electron chi connectivity index (χ0n) is 21.9. The van der Waals surface area contributed by atoms with Crippen molar-refractivity contribution in [1.29, 1.82) is 0 Å². The van der Waals surface area contributed by atoms with Crippen molar-refractivity contribution in [2.75, 3.05) is 17.7 Å². The molecule has 2 aromatic carbocycles. The molecule has 2 aromatic heterocycles. The monoisotopic (exact) mass is 562 g/mol. The number of carbonyl (C=O) groups is 2. The fraction of sp³-hybridized carbons (Fsp3) is 0.310. The summed E-state index contributed by atoms with van der Waals surface area (Å²) in [5, 5.41) is 14.5. The average molecular weight is 563 g/mol. The number of rotatable bonds is 10. The van der Waals surface area contributed by atoms with Crippen molar-refractivity contribution in [3.63, 3.8) is 0 Å². The normalized spacial score (nSPS) is 13.4. The summed E-state index contributed by atoms with van der Waals surface area (Å²) in [5.74, 6) is 0.982. The molecule has 0 bridgehead atoms. The summed E-state index contributed by atoms with van der Waals surface area (Å²) in [7, 11) is 1.88. The maximum absolute atomic E-state index is 12.9. The van der Waals surface area contributed by atoms with Crippen LogP contribution in [0.15, 0.2) is 65.1 Å². The van der Waals surface area contributed by atoms with Crippen LogP contribution < -0.4 is 10.1 Å². The Bertz CT molecular complexity index is 1430. The number of esters is 1. The number of aromatic nitrogens is 3. The van der Waals surface area contributed by atoms with Gasteiger partial charge >= 0.3 is 5.97 Å². The molecule has 1 saturated carbocycles. The van der Waals surface area contributed by atoms with Crippen LogP contribution in [-0.4, -0.2) is 45.1 Å². The van der Waals surface area contributed by atoms with Crippen LogP contribution in [0.1, 0.15) is 43.0 Å². The molecule has 10 heteroatoms. The van der Waals surface area contributed by atoms with Crippen LogP contribution in [0.2, 0.25) is 0 Å². The molecule has 1 amide bonds. The number of carbonyl (C=O) groups excluding carboxylic acids is 2. The smallest absolute Gasteiger partial charge is 0.341 e. The highest BCUT2D eigenvalue weighted by molar-refractivity contribution is 7.99. The number of nitrogens with zero attached hydrogens (tertiary/aromatic N) is 3. The van der Waals surface area contributed by atoms with Gasteiger partial charge < -0.3 is 19.4 Å². The molecule has 1 aliphatic rings. The van der Waals surface area contributed by atoms with Crippen molar-refractivity contribution >= 4 is 40.0 Å². The summed E-state index contributed by atoms with van der Waals surface area (Å²) >= 11 is 2.59. The van der Waals surface area contributed by atoms with Crippen molar-refractivity contribution in [3.8, 4) is 28.3 Å². The first-order chi connectivity index (χ1) is 19.0. The van der Waals surface area contributed by atoms with Crippen LogP contribution in [0, 0.1) is 0 Å². The van der Waals surface area contributed by atoms with Gasteiger partial charge in [0.05, 0.1) is 18.5 Å². The molecule has 4 aromatic rings. The predicted octanol–water partition coefficient (Wildman–Crippen LogP) is 6.44. The molecule has 0 radical (unpaired) electrons. The Balaban J connectivity index is 1.23. The molecule has 0 saturated heterocycles. The van der Waals surface area contributed by atoms with E-state index in [0.29, 0.717) is 27.6 Å². The number of thioether (sulfide) groups is 1. The van der Waals surface area contributed by atoms with Crippen LogP contribution in [0.5, 0.6) is 5.75 Å². The van der Waals surface area contributed by atoms with Gasteiger partial charge in [-0.3, -0.25) is 4.79 Å². The van der Waals surface area contributed by atoms with Crippen molar-refractivity contribution in [3.05, 3.63) is 65.5 Å². The Labute approximate surface area is 235 Å². The van der Waals surface area contributed by atoms with Crippen LogP contribution in [0.25, 0.3) is 22.5 Å². The summed E-state index contributed by atoms with van der Waals surface area (Å²) in [6.45, 7) is 2.01. The van der Waals surface area contributed by atoms with Crippen molar-refractivity contribution in [2.45, 2.75) is 43.9 Å². The lowest BCUT2D eigenvalue weighted by atomic mass is 10.0. The number of hydrogen-bond acceptors (Lipinski definition) is 8. The minimum Gasteiger partial charge on any atom is -0.490 e. The molecule has 202 valence electrons. The number of thiophene rings is 1. The summed E-state index contributed by atoms with van der Waals surface area (Å²) in [5.41, 5.74) is 2.91. The van der Waals surface area contributed by atoms with Crippen molar-refractivity contribution in [2.24, 2.45) is 7.05 Å². The third-order valence-corrected chi connectivity index (χ3v) is 8.41. The first-order valence-corrected chi connectivity index (χ1v) is 14.8. The lowest BCUT2D eigenvalue weighted by Gasteiger charge is -2.13. The second-order valence-corrected chi connectivity index (χ2v) is 11.0. The fourth-order valence-electron chi connectivity index (χ4n) is 4.55. The Morgan fingerprint density at radius 1 is 1.05 bits per heavy atom. The van der Waals surface area contributed by atoms with E-state index in [2.05, 4.69) is 15.5 Å².